The fourth-order valence-electron chi connectivity index (χ4n) is 5.95. The zero-order valence-electron chi connectivity index (χ0n) is 30.2. The molecule has 0 atom stereocenters. The number of hydrogen-bond donors (Lipinski definition) is 2. The third-order valence-electron chi connectivity index (χ3n) is 8.97. The van der Waals surface area contributed by atoms with Gasteiger partial charge in [0.2, 0.25) is 0 Å². The summed E-state index contributed by atoms with van der Waals surface area (Å²) in [7, 11) is 0. The molecular formula is C42H67O6-. The monoisotopic (exact) mass is 667 g/mol. The van der Waals surface area contributed by atoms with E-state index >= 15 is 0 Å². The van der Waals surface area contributed by atoms with Gasteiger partial charge in [-0.1, -0.05) is 204 Å². The average molecular weight is 668 g/mol. The van der Waals surface area contributed by atoms with Gasteiger partial charge >= 0.3 is 11.9 Å². The maximum absolute atomic E-state index is 11.9. The van der Waals surface area contributed by atoms with E-state index in [-0.39, 0.29) is 16.9 Å². The second-order valence-corrected chi connectivity index (χ2v) is 13.3. The van der Waals surface area contributed by atoms with Crippen LogP contribution in [0.5, 0.6) is 11.5 Å². The van der Waals surface area contributed by atoms with Crippen LogP contribution in [0.3, 0.4) is 0 Å². The predicted octanol–water partition coefficient (Wildman–Crippen LogP) is 12.2. The summed E-state index contributed by atoms with van der Waals surface area (Å²) < 4.78 is 5.26. The zero-order chi connectivity index (χ0) is 34.9. The molecule has 0 radical (unpaired) electrons. The summed E-state index contributed by atoms with van der Waals surface area (Å²) in [6.45, 7) is 2.73. The normalized spacial score (nSPS) is 10.8. The van der Waals surface area contributed by atoms with Crippen molar-refractivity contribution in [2.45, 2.75) is 174 Å². The van der Waals surface area contributed by atoms with Crippen molar-refractivity contribution in [3.05, 3.63) is 59.7 Å². The molecule has 2 aromatic carbocycles. The molecule has 0 amide bonds. The number of aromatic hydroxyl groups is 1. The molecule has 0 heterocycles. The van der Waals surface area contributed by atoms with Crippen molar-refractivity contribution < 1.29 is 29.6 Å². The summed E-state index contributed by atoms with van der Waals surface area (Å²) in [5.74, 6) is -2.06. The number of rotatable bonds is 29. The maximum Gasteiger partial charge on any atom is 0.341 e. The van der Waals surface area contributed by atoms with E-state index in [1.165, 1.54) is 184 Å². The lowest BCUT2D eigenvalue weighted by Crippen LogP contribution is -2.06. The summed E-state index contributed by atoms with van der Waals surface area (Å²) in [6, 6.07) is 12.1. The smallest absolute Gasteiger partial charge is 0.341 e. The van der Waals surface area contributed by atoms with Gasteiger partial charge < -0.3 is 20.1 Å². The van der Waals surface area contributed by atoms with Crippen molar-refractivity contribution in [1.29, 1.82) is 0 Å². The Hall–Kier alpha value is -3.02. The van der Waals surface area contributed by atoms with E-state index in [1.54, 1.807) is 18.2 Å². The number of carbonyl (C=O) groups excluding carboxylic acids is 1. The minimum absolute atomic E-state index is 0.0116. The van der Waals surface area contributed by atoms with Crippen molar-refractivity contribution in [3.8, 4) is 11.5 Å². The van der Waals surface area contributed by atoms with Crippen LogP contribution in [0.15, 0.2) is 48.5 Å². The number of phenols is 1. The lowest BCUT2D eigenvalue weighted by molar-refractivity contribution is -0.268. The van der Waals surface area contributed by atoms with Crippen LogP contribution < -0.4 is 5.11 Å². The molecule has 0 aromatic heterocycles. The molecule has 6 nitrogen and oxygen atoms in total. The number of para-hydroxylation sites is 2. The number of ether oxygens (including phenoxy) is 1. The number of unbranched alkanes of at least 4 members (excludes halogenated alkanes) is 25. The number of carboxylic acids is 1. The molecule has 0 spiro atoms. The quantitative estimate of drug-likeness (QED) is 0.0660. The largest absolute Gasteiger partial charge is 0.872 e. The van der Waals surface area contributed by atoms with Crippen LogP contribution >= 0.6 is 0 Å². The number of phenolic OH excluding ortho intramolecular Hbond substituents is 1. The van der Waals surface area contributed by atoms with Gasteiger partial charge in [-0.2, -0.15) is 0 Å². The molecule has 2 N–H and O–H groups in total. The average Bonchev–Trinajstić information content (AvgIpc) is 3.08. The first kappa shape index (κ1) is 43.0. The second kappa shape index (κ2) is 31.3. The molecule has 0 aliphatic heterocycles. The van der Waals surface area contributed by atoms with Gasteiger partial charge in [-0.25, -0.2) is 9.59 Å². The van der Waals surface area contributed by atoms with Crippen LogP contribution in [-0.2, 0) is 4.74 Å². The first-order chi connectivity index (χ1) is 23.5. The van der Waals surface area contributed by atoms with E-state index in [2.05, 4.69) is 6.92 Å². The Morgan fingerprint density at radius 3 is 1.19 bits per heavy atom. The standard InChI is InChI=1S/C35H62O3.C7H6O3/c1-2-3-4-5-6-7-8-9-10-11-12-13-14-15-16-17-18-19-20-21-22-23-24-25-26-29-32-38-35(37)33-30-27-28-31-34(33)36;8-6-4-2-1-3-5(6)7(9)10/h27-28,30-31,36H,2-26,29,32H2,1H3;1-4,8H,(H,9,10)/p-1. The maximum atomic E-state index is 11.9. The number of carboxylic acid groups (broad SMARTS) is 1. The lowest BCUT2D eigenvalue weighted by Gasteiger charge is -2.07. The molecule has 0 aliphatic carbocycles. The molecule has 48 heavy (non-hydrogen) atoms. The summed E-state index contributed by atoms with van der Waals surface area (Å²) in [6.07, 6.45) is 36.0. The van der Waals surface area contributed by atoms with E-state index in [0.29, 0.717) is 6.61 Å². The number of benzene rings is 2. The van der Waals surface area contributed by atoms with Gasteiger partial charge in [-0.3, -0.25) is 0 Å². The first-order valence-corrected chi connectivity index (χ1v) is 19.4. The van der Waals surface area contributed by atoms with Crippen LogP contribution in [0.25, 0.3) is 0 Å². The second-order valence-electron chi connectivity index (χ2n) is 13.3. The van der Waals surface area contributed by atoms with Gasteiger partial charge in [0.05, 0.1) is 12.2 Å². The molecule has 0 fully saturated rings. The summed E-state index contributed by atoms with van der Waals surface area (Å²) in [5.41, 5.74) is 0.0739. The third-order valence-corrected chi connectivity index (χ3v) is 8.97. The Morgan fingerprint density at radius 2 is 0.854 bits per heavy atom. The van der Waals surface area contributed by atoms with Crippen molar-refractivity contribution >= 4 is 11.9 Å². The van der Waals surface area contributed by atoms with Gasteiger partial charge in [0.25, 0.3) is 0 Å². The Morgan fingerprint density at radius 1 is 0.521 bits per heavy atom. The number of esters is 1. The summed E-state index contributed by atoms with van der Waals surface area (Å²) in [4.78, 5) is 22.1. The number of aromatic carboxylic acids is 1. The Kier molecular flexibility index (Phi) is 28.0. The molecular weight excluding hydrogens is 600 g/mol. The Bertz CT molecular complexity index is 1050. The predicted molar refractivity (Wildman–Crippen MR) is 197 cm³/mol. The highest BCUT2D eigenvalue weighted by molar-refractivity contribution is 5.92. The summed E-state index contributed by atoms with van der Waals surface area (Å²) >= 11 is 0. The fraction of sp³-hybridized carbons (Fsp3) is 0.667. The highest BCUT2D eigenvalue weighted by Crippen LogP contribution is 2.18. The third kappa shape index (κ3) is 24.2. The zero-order valence-corrected chi connectivity index (χ0v) is 30.2. The van der Waals surface area contributed by atoms with E-state index in [1.807, 2.05) is 0 Å². The molecule has 0 aliphatic rings. The van der Waals surface area contributed by atoms with Gasteiger partial charge in [0.15, 0.2) is 0 Å². The Labute approximate surface area is 292 Å². The van der Waals surface area contributed by atoms with E-state index in [0.717, 1.165) is 12.8 Å². The molecule has 2 aromatic rings. The minimum atomic E-state index is -1.18. The number of carbonyl (C=O) groups is 2. The molecule has 0 saturated heterocycles. The van der Waals surface area contributed by atoms with Crippen molar-refractivity contribution in [1.82, 2.24) is 0 Å². The molecule has 2 rings (SSSR count). The van der Waals surface area contributed by atoms with Crippen LogP contribution in [0, 0.1) is 0 Å². The minimum Gasteiger partial charge on any atom is -0.872 e. The molecule has 0 saturated carbocycles. The fourth-order valence-corrected chi connectivity index (χ4v) is 5.95. The summed E-state index contributed by atoms with van der Waals surface area (Å²) in [5, 5.41) is 28.7. The van der Waals surface area contributed by atoms with E-state index < -0.39 is 17.7 Å². The topological polar surface area (TPSA) is 107 Å². The lowest BCUT2D eigenvalue weighted by atomic mass is 10.0. The van der Waals surface area contributed by atoms with Gasteiger partial charge in [-0.15, -0.1) is 0 Å². The highest BCUT2D eigenvalue weighted by Gasteiger charge is 2.11. The van der Waals surface area contributed by atoms with E-state index in [9.17, 15) is 19.8 Å². The van der Waals surface area contributed by atoms with E-state index in [4.69, 9.17) is 9.84 Å². The van der Waals surface area contributed by atoms with Crippen LogP contribution in [0.2, 0.25) is 0 Å². The number of hydrogen-bond acceptors (Lipinski definition) is 5. The molecule has 272 valence electrons. The van der Waals surface area contributed by atoms with Crippen molar-refractivity contribution in [2.24, 2.45) is 0 Å². The van der Waals surface area contributed by atoms with Gasteiger partial charge in [0, 0.05) is 0 Å². The van der Waals surface area contributed by atoms with Gasteiger partial charge in [0.1, 0.15) is 11.3 Å². The van der Waals surface area contributed by atoms with Crippen LogP contribution in [0.4, 0.5) is 0 Å². The van der Waals surface area contributed by atoms with Gasteiger partial charge in [-0.05, 0) is 24.6 Å². The van der Waals surface area contributed by atoms with Crippen molar-refractivity contribution in [2.75, 3.05) is 6.61 Å². The highest BCUT2D eigenvalue weighted by atomic mass is 16.5. The SMILES string of the molecule is CCCCCCCCCCCCCCCCCCCCCCCCCCCCOC(=O)c1ccccc1O.O=C(O)c1ccccc1[O-]. The molecule has 0 bridgehead atoms. The molecule has 6 heteroatoms. The van der Waals surface area contributed by atoms with Crippen LogP contribution in [0.1, 0.15) is 195 Å². The molecule has 0 unspecified atom stereocenters. The van der Waals surface area contributed by atoms with Crippen LogP contribution in [-0.4, -0.2) is 28.8 Å². The first-order valence-electron chi connectivity index (χ1n) is 19.4. The van der Waals surface area contributed by atoms with Crippen molar-refractivity contribution in [3.63, 3.8) is 0 Å². The Balaban J connectivity index is 0.000000975.